The first-order chi connectivity index (χ1) is 8.47. The van der Waals surface area contributed by atoms with Crippen LogP contribution in [0.2, 0.25) is 5.02 Å². The van der Waals surface area contributed by atoms with Crippen LogP contribution < -0.4 is 11.1 Å². The third-order valence-corrected chi connectivity index (χ3v) is 3.18. The van der Waals surface area contributed by atoms with Crippen molar-refractivity contribution in [3.05, 3.63) is 39.6 Å². The molecule has 0 aliphatic carbocycles. The maximum Gasteiger partial charge on any atom is 0.278 e. The Bertz CT molecular complexity index is 611. The number of nitrogens with zero attached hydrogens (tertiary/aromatic N) is 2. The van der Waals surface area contributed by atoms with Gasteiger partial charge in [-0.25, -0.2) is 0 Å². The van der Waals surface area contributed by atoms with Crippen molar-refractivity contribution in [3.8, 4) is 0 Å². The summed E-state index contributed by atoms with van der Waals surface area (Å²) in [5.41, 5.74) is 6.76. The number of aryl methyl sites for hydroxylation is 1. The molecule has 7 heteroatoms. The Labute approximate surface area is 117 Å². The summed E-state index contributed by atoms with van der Waals surface area (Å²) in [6.07, 6.45) is 1.57. The molecule has 0 spiro atoms. The molecule has 2 aromatic rings. The number of aromatic nitrogens is 2. The van der Waals surface area contributed by atoms with Crippen LogP contribution >= 0.6 is 27.5 Å². The Morgan fingerprint density at radius 3 is 2.89 bits per heavy atom. The molecule has 18 heavy (non-hydrogen) atoms. The molecule has 1 heterocycles. The molecule has 0 atom stereocenters. The first kappa shape index (κ1) is 12.9. The average Bonchev–Trinajstić information content (AvgIpc) is 2.63. The first-order valence-electron chi connectivity index (χ1n) is 5.03. The lowest BCUT2D eigenvalue weighted by atomic mass is 10.3. The highest BCUT2D eigenvalue weighted by atomic mass is 79.9. The van der Waals surface area contributed by atoms with E-state index in [4.69, 9.17) is 17.3 Å². The second-order valence-corrected chi connectivity index (χ2v) is 4.98. The molecule has 5 nitrogen and oxygen atoms in total. The number of halogens is 2. The van der Waals surface area contributed by atoms with E-state index in [2.05, 4.69) is 26.3 Å². The fourth-order valence-corrected chi connectivity index (χ4v) is 1.98. The van der Waals surface area contributed by atoms with E-state index in [1.54, 1.807) is 31.4 Å². The molecule has 1 aromatic carbocycles. The third-order valence-electron chi connectivity index (χ3n) is 2.25. The molecule has 0 bridgehead atoms. The van der Waals surface area contributed by atoms with E-state index in [1.807, 2.05) is 0 Å². The van der Waals surface area contributed by atoms with Crippen LogP contribution in [-0.2, 0) is 7.05 Å². The zero-order chi connectivity index (χ0) is 13.3. The van der Waals surface area contributed by atoms with Gasteiger partial charge in [-0.2, -0.15) is 5.10 Å². The summed E-state index contributed by atoms with van der Waals surface area (Å²) in [5, 5.41) is 7.22. The average molecular weight is 330 g/mol. The maximum atomic E-state index is 12.0. The number of nitrogen functional groups attached to an aromatic ring is 1. The van der Waals surface area contributed by atoms with Crippen molar-refractivity contribution in [3.63, 3.8) is 0 Å². The Kier molecular flexibility index (Phi) is 3.58. The van der Waals surface area contributed by atoms with Gasteiger partial charge in [0.2, 0.25) is 0 Å². The number of anilines is 2. The lowest BCUT2D eigenvalue weighted by Gasteiger charge is -2.06. The molecule has 0 radical (unpaired) electrons. The summed E-state index contributed by atoms with van der Waals surface area (Å²) in [6, 6.07) is 5.11. The van der Waals surface area contributed by atoms with Crippen LogP contribution in [0.3, 0.4) is 0 Å². The Balaban J connectivity index is 2.26. The van der Waals surface area contributed by atoms with Gasteiger partial charge in [0.15, 0.2) is 5.69 Å². The number of carbonyl (C=O) groups is 1. The molecule has 2 rings (SSSR count). The van der Waals surface area contributed by atoms with Crippen LogP contribution in [0.1, 0.15) is 10.5 Å². The predicted octanol–water partition coefficient (Wildman–Crippen LogP) is 2.67. The number of hydrogen-bond acceptors (Lipinski definition) is 3. The van der Waals surface area contributed by atoms with Crippen LogP contribution in [0.4, 0.5) is 11.4 Å². The lowest BCUT2D eigenvalue weighted by molar-refractivity contribution is 0.102. The zero-order valence-electron chi connectivity index (χ0n) is 9.45. The number of benzene rings is 1. The SMILES string of the molecule is Cn1cc(N)c(C(=O)Nc2cc(Cl)ccc2Br)n1. The zero-order valence-corrected chi connectivity index (χ0v) is 11.8. The largest absolute Gasteiger partial charge is 0.396 e. The topological polar surface area (TPSA) is 72.9 Å². The van der Waals surface area contributed by atoms with Crippen molar-refractivity contribution in [2.24, 2.45) is 7.05 Å². The Morgan fingerprint density at radius 1 is 1.56 bits per heavy atom. The molecular weight excluding hydrogens is 320 g/mol. The Morgan fingerprint density at radius 2 is 2.28 bits per heavy atom. The molecule has 0 unspecified atom stereocenters. The van der Waals surface area contributed by atoms with Gasteiger partial charge in [-0.1, -0.05) is 11.6 Å². The molecule has 0 fully saturated rings. The minimum absolute atomic E-state index is 0.185. The second-order valence-electron chi connectivity index (χ2n) is 3.69. The van der Waals surface area contributed by atoms with Crippen LogP contribution in [0.5, 0.6) is 0 Å². The number of nitrogens with two attached hydrogens (primary N) is 1. The van der Waals surface area contributed by atoms with Gasteiger partial charge >= 0.3 is 0 Å². The molecular formula is C11H10BrClN4O. The monoisotopic (exact) mass is 328 g/mol. The minimum atomic E-state index is -0.379. The number of amides is 1. The number of carbonyl (C=O) groups excluding carboxylic acids is 1. The van der Waals surface area contributed by atoms with Gasteiger partial charge in [-0.3, -0.25) is 9.48 Å². The molecule has 3 N–H and O–H groups in total. The lowest BCUT2D eigenvalue weighted by Crippen LogP contribution is -2.15. The molecule has 1 aromatic heterocycles. The van der Waals surface area contributed by atoms with Crippen LogP contribution in [0.25, 0.3) is 0 Å². The summed E-state index contributed by atoms with van der Waals surface area (Å²) >= 11 is 9.19. The quantitative estimate of drug-likeness (QED) is 0.889. The van der Waals surface area contributed by atoms with Crippen molar-refractivity contribution in [1.29, 1.82) is 0 Å². The van der Waals surface area contributed by atoms with Crippen molar-refractivity contribution < 1.29 is 4.79 Å². The van der Waals surface area contributed by atoms with E-state index >= 15 is 0 Å². The van der Waals surface area contributed by atoms with Gasteiger partial charge in [0.05, 0.1) is 11.4 Å². The normalized spacial score (nSPS) is 10.4. The van der Waals surface area contributed by atoms with Gasteiger partial charge in [0, 0.05) is 22.7 Å². The summed E-state index contributed by atoms with van der Waals surface area (Å²) < 4.78 is 2.21. The third kappa shape index (κ3) is 2.65. The van der Waals surface area contributed by atoms with E-state index in [0.29, 0.717) is 16.4 Å². The van der Waals surface area contributed by atoms with Gasteiger partial charge in [-0.15, -0.1) is 0 Å². The first-order valence-corrected chi connectivity index (χ1v) is 6.20. The molecule has 0 saturated heterocycles. The highest BCUT2D eigenvalue weighted by Gasteiger charge is 2.15. The fraction of sp³-hybridized carbons (Fsp3) is 0.0909. The van der Waals surface area contributed by atoms with Crippen molar-refractivity contribution in [2.75, 3.05) is 11.1 Å². The molecule has 0 saturated carbocycles. The minimum Gasteiger partial charge on any atom is -0.396 e. The van der Waals surface area contributed by atoms with E-state index in [1.165, 1.54) is 4.68 Å². The fourth-order valence-electron chi connectivity index (χ4n) is 1.46. The van der Waals surface area contributed by atoms with E-state index in [-0.39, 0.29) is 11.6 Å². The van der Waals surface area contributed by atoms with Gasteiger partial charge in [0.1, 0.15) is 0 Å². The molecule has 1 amide bonds. The van der Waals surface area contributed by atoms with E-state index in [0.717, 1.165) is 4.47 Å². The van der Waals surface area contributed by atoms with Crippen molar-refractivity contribution in [1.82, 2.24) is 9.78 Å². The predicted molar refractivity (Wildman–Crippen MR) is 74.7 cm³/mol. The van der Waals surface area contributed by atoms with Crippen molar-refractivity contribution >= 4 is 44.8 Å². The highest BCUT2D eigenvalue weighted by molar-refractivity contribution is 9.10. The van der Waals surface area contributed by atoms with Crippen molar-refractivity contribution in [2.45, 2.75) is 0 Å². The van der Waals surface area contributed by atoms with Crippen LogP contribution in [0, 0.1) is 0 Å². The molecule has 94 valence electrons. The van der Waals surface area contributed by atoms with E-state index < -0.39 is 0 Å². The smallest absolute Gasteiger partial charge is 0.278 e. The second kappa shape index (κ2) is 4.99. The molecule has 0 aliphatic heterocycles. The summed E-state index contributed by atoms with van der Waals surface area (Å²) in [7, 11) is 1.70. The van der Waals surface area contributed by atoms with Gasteiger partial charge < -0.3 is 11.1 Å². The summed E-state index contributed by atoms with van der Waals surface area (Å²) in [6.45, 7) is 0. The van der Waals surface area contributed by atoms with Gasteiger partial charge in [0.25, 0.3) is 5.91 Å². The number of hydrogen-bond donors (Lipinski definition) is 2. The Hall–Kier alpha value is -1.53. The van der Waals surface area contributed by atoms with Crippen LogP contribution in [0.15, 0.2) is 28.9 Å². The maximum absolute atomic E-state index is 12.0. The highest BCUT2D eigenvalue weighted by Crippen LogP contribution is 2.26. The standard InChI is InChI=1S/C11H10BrClN4O/c1-17-5-8(14)10(16-17)11(18)15-9-4-6(13)2-3-7(9)12/h2-5H,14H2,1H3,(H,15,18). The number of nitrogens with one attached hydrogen (secondary N) is 1. The van der Waals surface area contributed by atoms with E-state index in [9.17, 15) is 4.79 Å². The van der Waals surface area contributed by atoms with Crippen LogP contribution in [-0.4, -0.2) is 15.7 Å². The summed E-state index contributed by atoms with van der Waals surface area (Å²) in [4.78, 5) is 12.0. The summed E-state index contributed by atoms with van der Waals surface area (Å²) in [5.74, 6) is -0.379. The van der Waals surface area contributed by atoms with Gasteiger partial charge in [-0.05, 0) is 34.1 Å². The molecule has 0 aliphatic rings. The number of rotatable bonds is 2.